The number of anilines is 2. The molecule has 1 aliphatic heterocycles. The minimum absolute atomic E-state index is 0.00153. The van der Waals surface area contributed by atoms with Crippen LogP contribution in [0.15, 0.2) is 78.5 Å². The van der Waals surface area contributed by atoms with Crippen LogP contribution in [0.2, 0.25) is 0 Å². The van der Waals surface area contributed by atoms with Gasteiger partial charge in [-0.1, -0.05) is 0 Å². The van der Waals surface area contributed by atoms with Crippen molar-refractivity contribution in [3.63, 3.8) is 0 Å². The molecule has 0 aromatic heterocycles. The van der Waals surface area contributed by atoms with Gasteiger partial charge in [-0.3, -0.25) is 19.7 Å². The van der Waals surface area contributed by atoms with Gasteiger partial charge in [0, 0.05) is 17.8 Å². The topological polar surface area (TPSA) is 102 Å². The van der Waals surface area contributed by atoms with E-state index in [2.05, 4.69) is 5.32 Å². The largest absolute Gasteiger partial charge is 0.497 e. The third kappa shape index (κ3) is 3.79. The molecule has 0 saturated carbocycles. The summed E-state index contributed by atoms with van der Waals surface area (Å²) in [7, 11) is 1.53. The van der Waals surface area contributed by atoms with Crippen molar-refractivity contribution in [2.75, 3.05) is 17.3 Å². The first-order valence-corrected chi connectivity index (χ1v) is 9.43. The van der Waals surface area contributed by atoms with E-state index in [1.54, 1.807) is 24.3 Å². The van der Waals surface area contributed by atoms with E-state index in [1.165, 1.54) is 43.5 Å². The molecule has 0 bridgehead atoms. The third-order valence-electron chi connectivity index (χ3n) is 4.89. The molecular weight excluding hydrogens is 417 g/mol. The predicted molar refractivity (Wildman–Crippen MR) is 116 cm³/mol. The number of hydrogen-bond acceptors (Lipinski definition) is 6. The number of carbonyl (C=O) groups is 2. The Labute approximate surface area is 181 Å². The van der Waals surface area contributed by atoms with Gasteiger partial charge in [0.2, 0.25) is 0 Å². The molecule has 0 atom stereocenters. The van der Waals surface area contributed by atoms with E-state index in [1.807, 2.05) is 0 Å². The number of methoxy groups -OCH3 is 1. The van der Waals surface area contributed by atoms with E-state index in [-0.39, 0.29) is 22.6 Å². The number of hydrogen-bond donors (Lipinski definition) is 1. The van der Waals surface area contributed by atoms with Gasteiger partial charge in [0.05, 0.1) is 23.3 Å². The molecule has 4 rings (SSSR count). The summed E-state index contributed by atoms with van der Waals surface area (Å²) in [6.07, 6.45) is 0. The number of nitrogens with zero attached hydrogens (tertiary/aromatic N) is 2. The number of non-ortho nitro benzene ring substituents is 1. The second-order valence-electron chi connectivity index (χ2n) is 6.83. The van der Waals surface area contributed by atoms with E-state index in [0.29, 0.717) is 17.0 Å². The lowest BCUT2D eigenvalue weighted by Gasteiger charge is -2.15. The molecule has 0 radical (unpaired) electrons. The first kappa shape index (κ1) is 20.7. The summed E-state index contributed by atoms with van der Waals surface area (Å²) in [5, 5.41) is 14.0. The van der Waals surface area contributed by atoms with Gasteiger partial charge >= 0.3 is 0 Å². The Morgan fingerprint density at radius 2 is 1.53 bits per heavy atom. The number of halogens is 1. The lowest BCUT2D eigenvalue weighted by Crippen LogP contribution is -2.32. The monoisotopic (exact) mass is 433 g/mol. The number of amides is 2. The Morgan fingerprint density at radius 1 is 0.906 bits per heavy atom. The lowest BCUT2D eigenvalue weighted by atomic mass is 10.0. The Bertz CT molecular complexity index is 1240. The molecule has 0 fully saturated rings. The van der Waals surface area contributed by atoms with Gasteiger partial charge in [0.1, 0.15) is 17.3 Å². The summed E-state index contributed by atoms with van der Waals surface area (Å²) in [6, 6.07) is 17.0. The van der Waals surface area contributed by atoms with Crippen molar-refractivity contribution >= 4 is 34.4 Å². The molecule has 32 heavy (non-hydrogen) atoms. The summed E-state index contributed by atoms with van der Waals surface area (Å²) >= 11 is 0. The van der Waals surface area contributed by atoms with Crippen LogP contribution in [0, 0.1) is 15.9 Å². The molecule has 0 spiro atoms. The van der Waals surface area contributed by atoms with Gasteiger partial charge in [-0.15, -0.1) is 0 Å². The summed E-state index contributed by atoms with van der Waals surface area (Å²) < 4.78 is 18.5. The SMILES string of the molecule is COc1ccc(NC2=C(c3ccc([N+](=O)[O-])cc3)C(=O)N(c3ccc(F)cc3)C2=O)cc1. The van der Waals surface area contributed by atoms with Crippen molar-refractivity contribution in [3.05, 3.63) is 100.0 Å². The van der Waals surface area contributed by atoms with Crippen molar-refractivity contribution in [1.82, 2.24) is 0 Å². The van der Waals surface area contributed by atoms with E-state index in [4.69, 9.17) is 4.74 Å². The molecular formula is C23H16FN3O5. The normalized spacial score (nSPS) is 13.5. The van der Waals surface area contributed by atoms with E-state index >= 15 is 0 Å². The van der Waals surface area contributed by atoms with Crippen LogP contribution >= 0.6 is 0 Å². The van der Waals surface area contributed by atoms with Crippen molar-refractivity contribution in [1.29, 1.82) is 0 Å². The Balaban J connectivity index is 1.79. The number of carbonyl (C=O) groups excluding carboxylic acids is 2. The summed E-state index contributed by atoms with van der Waals surface area (Å²) in [6.45, 7) is 0. The Kier molecular flexibility index (Phi) is 5.38. The molecule has 3 aromatic carbocycles. The van der Waals surface area contributed by atoms with Gasteiger partial charge in [0.25, 0.3) is 17.5 Å². The first-order chi connectivity index (χ1) is 15.4. The number of imide groups is 1. The summed E-state index contributed by atoms with van der Waals surface area (Å²) in [5.74, 6) is -1.16. The fourth-order valence-corrected chi connectivity index (χ4v) is 3.31. The standard InChI is InChI=1S/C23H16FN3O5/c1-32-19-12-6-16(7-13-19)25-21-20(14-2-8-18(9-3-14)27(30)31)22(28)26(23(21)29)17-10-4-15(24)5-11-17/h2-13,25H,1H3. The molecule has 0 saturated heterocycles. The van der Waals surface area contributed by atoms with Crippen LogP contribution in [0.4, 0.5) is 21.5 Å². The fourth-order valence-electron chi connectivity index (χ4n) is 3.31. The molecule has 8 nitrogen and oxygen atoms in total. The van der Waals surface area contributed by atoms with Crippen LogP contribution < -0.4 is 15.0 Å². The minimum Gasteiger partial charge on any atom is -0.497 e. The molecule has 2 amide bonds. The van der Waals surface area contributed by atoms with Crippen LogP contribution in [0.25, 0.3) is 5.57 Å². The van der Waals surface area contributed by atoms with Gasteiger partial charge in [-0.2, -0.15) is 0 Å². The average molecular weight is 433 g/mol. The maximum Gasteiger partial charge on any atom is 0.282 e. The highest BCUT2D eigenvalue weighted by Gasteiger charge is 2.40. The molecule has 9 heteroatoms. The van der Waals surface area contributed by atoms with Crippen LogP contribution in [0.5, 0.6) is 5.75 Å². The maximum atomic E-state index is 13.4. The lowest BCUT2D eigenvalue weighted by molar-refractivity contribution is -0.384. The van der Waals surface area contributed by atoms with Crippen molar-refractivity contribution < 1.29 is 23.6 Å². The van der Waals surface area contributed by atoms with E-state index in [9.17, 15) is 24.1 Å². The highest BCUT2D eigenvalue weighted by molar-refractivity contribution is 6.46. The molecule has 1 N–H and O–H groups in total. The van der Waals surface area contributed by atoms with Crippen molar-refractivity contribution in [2.24, 2.45) is 0 Å². The van der Waals surface area contributed by atoms with Crippen LogP contribution in [-0.4, -0.2) is 23.8 Å². The van der Waals surface area contributed by atoms with E-state index in [0.717, 1.165) is 17.0 Å². The van der Waals surface area contributed by atoms with Gasteiger partial charge in [0.15, 0.2) is 0 Å². The number of ether oxygens (including phenoxy) is 1. The van der Waals surface area contributed by atoms with Gasteiger partial charge in [-0.05, 0) is 66.2 Å². The van der Waals surface area contributed by atoms with Crippen molar-refractivity contribution in [2.45, 2.75) is 0 Å². The van der Waals surface area contributed by atoms with Crippen LogP contribution in [-0.2, 0) is 9.59 Å². The molecule has 1 aliphatic rings. The molecule has 0 aliphatic carbocycles. The number of nitro groups is 1. The van der Waals surface area contributed by atoms with Gasteiger partial charge < -0.3 is 10.1 Å². The summed E-state index contributed by atoms with van der Waals surface area (Å²) in [4.78, 5) is 37.9. The van der Waals surface area contributed by atoms with Crippen molar-refractivity contribution in [3.8, 4) is 5.75 Å². The summed E-state index contributed by atoms with van der Waals surface area (Å²) in [5.41, 5.74) is 0.957. The first-order valence-electron chi connectivity index (χ1n) is 9.43. The zero-order valence-corrected chi connectivity index (χ0v) is 16.7. The van der Waals surface area contributed by atoms with Gasteiger partial charge in [-0.25, -0.2) is 9.29 Å². The maximum absolute atomic E-state index is 13.4. The average Bonchev–Trinajstić information content (AvgIpc) is 3.04. The highest BCUT2D eigenvalue weighted by Crippen LogP contribution is 2.34. The number of nitro benzene ring substituents is 1. The number of benzene rings is 3. The minimum atomic E-state index is -0.634. The number of rotatable bonds is 6. The highest BCUT2D eigenvalue weighted by atomic mass is 19.1. The smallest absolute Gasteiger partial charge is 0.282 e. The van der Waals surface area contributed by atoms with Crippen LogP contribution in [0.1, 0.15) is 5.56 Å². The molecule has 0 unspecified atom stereocenters. The third-order valence-corrected chi connectivity index (χ3v) is 4.89. The Hall–Kier alpha value is -4.53. The van der Waals surface area contributed by atoms with Crippen LogP contribution in [0.3, 0.4) is 0 Å². The predicted octanol–water partition coefficient (Wildman–Crippen LogP) is 4.14. The Morgan fingerprint density at radius 3 is 2.09 bits per heavy atom. The zero-order chi connectivity index (χ0) is 22.8. The second-order valence-corrected chi connectivity index (χ2v) is 6.83. The second kappa shape index (κ2) is 8.31. The molecule has 3 aromatic rings. The van der Waals surface area contributed by atoms with E-state index < -0.39 is 22.6 Å². The number of nitrogens with one attached hydrogen (secondary N) is 1. The fraction of sp³-hybridized carbons (Fsp3) is 0.0435. The molecule has 1 heterocycles. The molecule has 160 valence electrons. The quantitative estimate of drug-likeness (QED) is 0.356. The zero-order valence-electron chi connectivity index (χ0n) is 16.7.